The van der Waals surface area contributed by atoms with Crippen LogP contribution >= 0.6 is 15.9 Å². The van der Waals surface area contributed by atoms with Crippen LogP contribution in [0.1, 0.15) is 37.0 Å². The normalized spacial score (nSPS) is 18.0. The first-order valence-electron chi connectivity index (χ1n) is 6.38. The van der Waals surface area contributed by atoms with Crippen molar-refractivity contribution in [3.8, 4) is 0 Å². The van der Waals surface area contributed by atoms with E-state index >= 15 is 0 Å². The number of likely N-dealkylation sites (tertiary alicyclic amines) is 1. The van der Waals surface area contributed by atoms with Gasteiger partial charge in [0.15, 0.2) is 5.82 Å². The number of carbonyl (C=O) groups is 1. The summed E-state index contributed by atoms with van der Waals surface area (Å²) in [6.07, 6.45) is 1.65. The lowest BCUT2D eigenvalue weighted by Crippen LogP contribution is -2.43. The van der Waals surface area contributed by atoms with Crippen LogP contribution in [0, 0.1) is 5.82 Å². The molecule has 1 heterocycles. The zero-order valence-corrected chi connectivity index (χ0v) is 14.1. The molecule has 1 fully saturated rings. The number of carbonyl (C=O) groups excluding carboxylic acids is 1. The van der Waals surface area contributed by atoms with Gasteiger partial charge < -0.3 is 4.90 Å². The third kappa shape index (κ3) is 3.12. The predicted molar refractivity (Wildman–Crippen MR) is 79.8 cm³/mol. The molecule has 0 atom stereocenters. The van der Waals surface area contributed by atoms with Gasteiger partial charge in [0.2, 0.25) is 10.0 Å². The largest absolute Gasteiger partial charge is 0.333 e. The summed E-state index contributed by atoms with van der Waals surface area (Å²) < 4.78 is 37.5. The number of hydrogen-bond donors (Lipinski definition) is 1. The van der Waals surface area contributed by atoms with Gasteiger partial charge in [-0.3, -0.25) is 4.79 Å². The van der Waals surface area contributed by atoms with Crippen LogP contribution in [-0.2, 0) is 10.0 Å². The number of rotatable bonds is 2. The summed E-state index contributed by atoms with van der Waals surface area (Å²) in [6, 6.07) is 2.33. The molecule has 116 valence electrons. The van der Waals surface area contributed by atoms with Crippen LogP contribution in [-0.4, -0.2) is 31.3 Å². The first-order chi connectivity index (χ1) is 9.54. The monoisotopic (exact) mass is 378 g/mol. The lowest BCUT2D eigenvalue weighted by molar-refractivity contribution is 0.0646. The van der Waals surface area contributed by atoms with Gasteiger partial charge in [-0.15, -0.1) is 0 Å². The van der Waals surface area contributed by atoms with Crippen LogP contribution in [0.2, 0.25) is 0 Å². The van der Waals surface area contributed by atoms with Gasteiger partial charge in [-0.2, -0.15) is 0 Å². The molecular weight excluding hydrogens is 363 g/mol. The third-order valence-electron chi connectivity index (χ3n) is 3.69. The van der Waals surface area contributed by atoms with Crippen LogP contribution in [0.4, 0.5) is 4.39 Å². The Kier molecular flexibility index (Phi) is 4.16. The number of sulfonamides is 1. The quantitative estimate of drug-likeness (QED) is 0.856. The van der Waals surface area contributed by atoms with Crippen LogP contribution in [0.25, 0.3) is 0 Å². The molecule has 2 rings (SSSR count). The lowest BCUT2D eigenvalue weighted by Gasteiger charge is -2.32. The van der Waals surface area contributed by atoms with Gasteiger partial charge in [-0.25, -0.2) is 17.9 Å². The maximum Gasteiger partial charge on any atom is 0.257 e. The Labute approximate surface area is 131 Å². The molecule has 1 aromatic carbocycles. The molecule has 1 aliphatic heterocycles. The number of primary sulfonamides is 1. The fourth-order valence-corrected chi connectivity index (χ4v) is 3.82. The molecule has 1 saturated heterocycles. The number of nitrogens with zero attached hydrogens (tertiary/aromatic N) is 1. The van der Waals surface area contributed by atoms with E-state index in [0.29, 0.717) is 6.54 Å². The second-order valence-electron chi connectivity index (χ2n) is 5.68. The summed E-state index contributed by atoms with van der Waals surface area (Å²) >= 11 is 3.09. The molecule has 5 nitrogen and oxygen atoms in total. The molecule has 0 spiro atoms. The Morgan fingerprint density at radius 1 is 1.43 bits per heavy atom. The van der Waals surface area contributed by atoms with Crippen molar-refractivity contribution in [1.82, 2.24) is 4.90 Å². The molecule has 0 aromatic heterocycles. The van der Waals surface area contributed by atoms with Gasteiger partial charge in [0.05, 0.1) is 5.56 Å². The standard InChI is InChI=1S/C13H16BrFN2O3S/c1-13(2)4-3-5-17(13)12(18)9-6-8(14)7-10(11(9)15)21(16,19)20/h6-7H,3-5H2,1-2H3,(H2,16,19,20). The van der Waals surface area contributed by atoms with Crippen LogP contribution in [0.5, 0.6) is 0 Å². The molecule has 0 saturated carbocycles. The van der Waals surface area contributed by atoms with Gasteiger partial charge in [0.1, 0.15) is 4.90 Å². The van der Waals surface area contributed by atoms with Crippen molar-refractivity contribution in [2.45, 2.75) is 37.1 Å². The van der Waals surface area contributed by atoms with Crippen molar-refractivity contribution in [2.24, 2.45) is 5.14 Å². The number of nitrogens with two attached hydrogens (primary N) is 1. The Balaban J connectivity index is 2.55. The third-order valence-corrected chi connectivity index (χ3v) is 5.06. The highest BCUT2D eigenvalue weighted by atomic mass is 79.9. The maximum atomic E-state index is 14.4. The summed E-state index contributed by atoms with van der Waals surface area (Å²) in [6.45, 7) is 4.31. The zero-order chi connectivity index (χ0) is 16.0. The van der Waals surface area contributed by atoms with E-state index < -0.39 is 26.6 Å². The van der Waals surface area contributed by atoms with Crippen LogP contribution < -0.4 is 5.14 Å². The minimum Gasteiger partial charge on any atom is -0.333 e. The molecule has 8 heteroatoms. The lowest BCUT2D eigenvalue weighted by atomic mass is 10.0. The molecule has 1 amide bonds. The van der Waals surface area contributed by atoms with Crippen molar-refractivity contribution >= 4 is 31.9 Å². The highest BCUT2D eigenvalue weighted by molar-refractivity contribution is 9.10. The zero-order valence-electron chi connectivity index (χ0n) is 11.7. The first kappa shape index (κ1) is 16.4. The number of hydrogen-bond acceptors (Lipinski definition) is 3. The fraction of sp³-hybridized carbons (Fsp3) is 0.462. The highest BCUT2D eigenvalue weighted by Crippen LogP contribution is 2.32. The van der Waals surface area contributed by atoms with Crippen LogP contribution in [0.3, 0.4) is 0 Å². The Hall–Kier alpha value is -0.990. The number of benzene rings is 1. The SMILES string of the molecule is CC1(C)CCCN1C(=O)c1cc(Br)cc(S(N)(=O)=O)c1F. The number of halogens is 2. The van der Waals surface area contributed by atoms with Crippen molar-refractivity contribution in [3.05, 3.63) is 28.0 Å². The molecular formula is C13H16BrFN2O3S. The van der Waals surface area contributed by atoms with Gasteiger partial charge in [0, 0.05) is 16.6 Å². The Morgan fingerprint density at radius 3 is 2.52 bits per heavy atom. The fourth-order valence-electron chi connectivity index (χ4n) is 2.56. The van der Waals surface area contributed by atoms with Gasteiger partial charge in [-0.05, 0) is 38.8 Å². The maximum absolute atomic E-state index is 14.4. The second-order valence-corrected chi connectivity index (χ2v) is 8.13. The average molecular weight is 379 g/mol. The van der Waals surface area contributed by atoms with Gasteiger partial charge in [0.25, 0.3) is 5.91 Å². The first-order valence-corrected chi connectivity index (χ1v) is 8.72. The summed E-state index contributed by atoms with van der Waals surface area (Å²) in [7, 11) is -4.24. The summed E-state index contributed by atoms with van der Waals surface area (Å²) in [5, 5.41) is 4.99. The summed E-state index contributed by atoms with van der Waals surface area (Å²) in [5.41, 5.74) is -0.670. The smallest absolute Gasteiger partial charge is 0.257 e. The second kappa shape index (κ2) is 5.33. The minimum absolute atomic E-state index is 0.285. The van der Waals surface area contributed by atoms with E-state index in [0.717, 1.165) is 18.9 Å². The van der Waals surface area contributed by atoms with E-state index in [9.17, 15) is 17.6 Å². The van der Waals surface area contributed by atoms with E-state index in [2.05, 4.69) is 15.9 Å². The van der Waals surface area contributed by atoms with Gasteiger partial charge >= 0.3 is 0 Å². The van der Waals surface area contributed by atoms with Crippen molar-refractivity contribution < 1.29 is 17.6 Å². The Bertz CT molecular complexity index is 704. The highest BCUT2D eigenvalue weighted by Gasteiger charge is 2.37. The van der Waals surface area contributed by atoms with Crippen molar-refractivity contribution in [2.75, 3.05) is 6.54 Å². The minimum atomic E-state index is -4.24. The van der Waals surface area contributed by atoms with E-state index in [1.807, 2.05) is 13.8 Å². The van der Waals surface area contributed by atoms with E-state index in [4.69, 9.17) is 5.14 Å². The van der Waals surface area contributed by atoms with Gasteiger partial charge in [-0.1, -0.05) is 15.9 Å². The summed E-state index contributed by atoms with van der Waals surface area (Å²) in [5.74, 6) is -1.63. The predicted octanol–water partition coefficient (Wildman–Crippen LogP) is 2.25. The number of amides is 1. The topological polar surface area (TPSA) is 80.5 Å². The molecule has 0 unspecified atom stereocenters. The molecule has 0 bridgehead atoms. The molecule has 0 radical (unpaired) electrons. The van der Waals surface area contributed by atoms with E-state index in [1.165, 1.54) is 6.07 Å². The van der Waals surface area contributed by atoms with Crippen molar-refractivity contribution in [1.29, 1.82) is 0 Å². The van der Waals surface area contributed by atoms with Crippen LogP contribution in [0.15, 0.2) is 21.5 Å². The molecule has 1 aromatic rings. The average Bonchev–Trinajstić information content (AvgIpc) is 2.69. The molecule has 2 N–H and O–H groups in total. The molecule has 21 heavy (non-hydrogen) atoms. The Morgan fingerprint density at radius 2 is 2.05 bits per heavy atom. The molecule has 0 aliphatic carbocycles. The summed E-state index contributed by atoms with van der Waals surface area (Å²) in [4.78, 5) is 13.4. The molecule has 1 aliphatic rings. The van der Waals surface area contributed by atoms with E-state index in [-0.39, 0.29) is 15.6 Å². The van der Waals surface area contributed by atoms with E-state index in [1.54, 1.807) is 4.90 Å². The van der Waals surface area contributed by atoms with Crippen molar-refractivity contribution in [3.63, 3.8) is 0 Å².